The third-order valence-corrected chi connectivity index (χ3v) is 4.65. The van der Waals surface area contributed by atoms with Gasteiger partial charge in [0, 0.05) is 16.7 Å². The van der Waals surface area contributed by atoms with Gasteiger partial charge in [0.2, 0.25) is 5.88 Å². The van der Waals surface area contributed by atoms with Crippen LogP contribution in [0.5, 0.6) is 5.88 Å². The Hall–Kier alpha value is -3.33. The molecule has 0 radical (unpaired) electrons. The van der Waals surface area contributed by atoms with Gasteiger partial charge in [-0.05, 0) is 54.4 Å². The number of nitrogens with two attached hydrogens (primary N) is 1. The third-order valence-electron chi connectivity index (χ3n) is 3.82. The molecule has 0 aliphatic carbocycles. The van der Waals surface area contributed by atoms with E-state index in [4.69, 9.17) is 10.5 Å². The van der Waals surface area contributed by atoms with Crippen molar-refractivity contribution in [1.29, 1.82) is 0 Å². The highest BCUT2D eigenvalue weighted by molar-refractivity contribution is 8.00. The molecule has 4 rings (SSSR count). The van der Waals surface area contributed by atoms with Gasteiger partial charge in [-0.3, -0.25) is 0 Å². The number of nitrogen functional groups attached to an aromatic ring is 1. The summed E-state index contributed by atoms with van der Waals surface area (Å²) in [6.07, 6.45) is 3.23. The molecule has 0 saturated carbocycles. The Morgan fingerprint density at radius 3 is 2.70 bits per heavy atom. The van der Waals surface area contributed by atoms with Crippen LogP contribution in [-0.2, 0) is 0 Å². The van der Waals surface area contributed by atoms with Crippen molar-refractivity contribution in [2.45, 2.75) is 4.90 Å². The van der Waals surface area contributed by atoms with E-state index in [1.165, 1.54) is 24.1 Å². The lowest BCUT2D eigenvalue weighted by atomic mass is 10.2. The summed E-state index contributed by atoms with van der Waals surface area (Å²) in [5.41, 5.74) is 8.70. The quantitative estimate of drug-likeness (QED) is 0.509. The van der Waals surface area contributed by atoms with Gasteiger partial charge in [0.15, 0.2) is 5.65 Å². The number of pyridine rings is 1. The van der Waals surface area contributed by atoms with Gasteiger partial charge in [-0.15, -0.1) is 0 Å². The van der Waals surface area contributed by atoms with Crippen LogP contribution < -0.4 is 15.2 Å². The molecular weight excluding hydrogens is 367 g/mol. The fraction of sp³-hybridized carbons (Fsp3) is 0.0556. The molecule has 0 atom stereocenters. The van der Waals surface area contributed by atoms with Gasteiger partial charge >= 0.3 is 0 Å². The molecule has 0 aliphatic rings. The molecule has 3 aromatic heterocycles. The lowest BCUT2D eigenvalue weighted by Crippen LogP contribution is -2.00. The third kappa shape index (κ3) is 3.49. The van der Waals surface area contributed by atoms with Crippen LogP contribution in [0.2, 0.25) is 0 Å². The minimum absolute atomic E-state index is 0.277. The Labute approximate surface area is 158 Å². The molecule has 0 saturated heterocycles. The van der Waals surface area contributed by atoms with E-state index in [1.807, 2.05) is 18.2 Å². The summed E-state index contributed by atoms with van der Waals surface area (Å²) in [6.45, 7) is 0. The van der Waals surface area contributed by atoms with Gasteiger partial charge in [0.1, 0.15) is 17.3 Å². The Morgan fingerprint density at radius 2 is 1.93 bits per heavy atom. The first-order valence-electron chi connectivity index (χ1n) is 7.97. The number of aromatic nitrogens is 4. The predicted molar refractivity (Wildman–Crippen MR) is 103 cm³/mol. The molecule has 0 spiro atoms. The fourth-order valence-electron chi connectivity index (χ4n) is 2.49. The second-order valence-electron chi connectivity index (χ2n) is 5.61. The number of rotatable bonds is 5. The largest absolute Gasteiger partial charge is 0.480 e. The minimum Gasteiger partial charge on any atom is -0.480 e. The summed E-state index contributed by atoms with van der Waals surface area (Å²) in [7, 11) is 1.55. The van der Waals surface area contributed by atoms with E-state index in [2.05, 4.69) is 19.8 Å². The fourth-order valence-corrected chi connectivity index (χ4v) is 3.14. The van der Waals surface area contributed by atoms with E-state index in [-0.39, 0.29) is 5.82 Å². The Balaban J connectivity index is 1.64. The van der Waals surface area contributed by atoms with Crippen LogP contribution in [0.25, 0.3) is 16.9 Å². The highest BCUT2D eigenvalue weighted by atomic mass is 32.2. The van der Waals surface area contributed by atoms with Crippen LogP contribution in [0.15, 0.2) is 59.8 Å². The average molecular weight is 382 g/mol. The van der Waals surface area contributed by atoms with E-state index in [0.717, 1.165) is 10.5 Å². The zero-order chi connectivity index (χ0) is 18.8. The molecule has 3 heterocycles. The van der Waals surface area contributed by atoms with Gasteiger partial charge in [0.05, 0.1) is 19.0 Å². The highest BCUT2D eigenvalue weighted by Gasteiger charge is 2.11. The summed E-state index contributed by atoms with van der Waals surface area (Å²) in [5, 5.41) is 4.50. The first kappa shape index (κ1) is 17.1. The number of fused-ring (bicyclic) bond motifs is 1. The van der Waals surface area contributed by atoms with E-state index in [9.17, 15) is 4.39 Å². The Morgan fingerprint density at radius 1 is 1.11 bits per heavy atom. The van der Waals surface area contributed by atoms with Crippen LogP contribution in [0.4, 0.5) is 15.9 Å². The van der Waals surface area contributed by atoms with Gasteiger partial charge < -0.3 is 15.2 Å². The van der Waals surface area contributed by atoms with E-state index in [0.29, 0.717) is 28.7 Å². The van der Waals surface area contributed by atoms with Crippen LogP contribution >= 0.6 is 11.9 Å². The van der Waals surface area contributed by atoms with Gasteiger partial charge in [-0.1, -0.05) is 0 Å². The Kier molecular flexibility index (Phi) is 4.51. The monoisotopic (exact) mass is 382 g/mol. The summed E-state index contributed by atoms with van der Waals surface area (Å²) in [6, 6.07) is 11.8. The Bertz CT molecular complexity index is 1100. The van der Waals surface area contributed by atoms with Crippen LogP contribution in [0, 0.1) is 5.82 Å². The smallest absolute Gasteiger partial charge is 0.237 e. The van der Waals surface area contributed by atoms with E-state index >= 15 is 0 Å². The van der Waals surface area contributed by atoms with Crippen molar-refractivity contribution in [3.05, 3.63) is 60.7 Å². The molecule has 0 bridgehead atoms. The molecule has 136 valence electrons. The first-order valence-corrected chi connectivity index (χ1v) is 8.79. The second kappa shape index (κ2) is 7.12. The number of halogens is 1. The molecule has 0 aliphatic heterocycles. The molecule has 7 nitrogen and oxygen atoms in total. The highest BCUT2D eigenvalue weighted by Crippen LogP contribution is 2.31. The molecular formula is C18H15FN6OS. The number of hydrogen-bond donors (Lipinski definition) is 2. The van der Waals surface area contributed by atoms with E-state index in [1.54, 1.807) is 36.2 Å². The minimum atomic E-state index is -0.277. The van der Waals surface area contributed by atoms with Crippen molar-refractivity contribution in [1.82, 2.24) is 19.6 Å². The van der Waals surface area contributed by atoms with Crippen molar-refractivity contribution >= 4 is 29.1 Å². The first-order chi connectivity index (χ1) is 13.1. The molecule has 27 heavy (non-hydrogen) atoms. The summed E-state index contributed by atoms with van der Waals surface area (Å²) in [5.74, 6) is 0.621. The number of nitrogens with one attached hydrogen (secondary N) is 1. The molecule has 4 aromatic rings. The van der Waals surface area contributed by atoms with Crippen molar-refractivity contribution in [2.75, 3.05) is 17.6 Å². The van der Waals surface area contributed by atoms with Crippen LogP contribution in [-0.4, -0.2) is 26.7 Å². The number of ether oxygens (including phenoxy) is 1. The number of anilines is 2. The van der Waals surface area contributed by atoms with E-state index < -0.39 is 0 Å². The summed E-state index contributed by atoms with van der Waals surface area (Å²) in [4.78, 5) is 9.36. The maximum Gasteiger partial charge on any atom is 0.237 e. The lowest BCUT2D eigenvalue weighted by molar-refractivity contribution is 0.400. The predicted octanol–water partition coefficient (Wildman–Crippen LogP) is 3.64. The summed E-state index contributed by atoms with van der Waals surface area (Å²) >= 11 is 1.33. The molecule has 0 unspecified atom stereocenters. The lowest BCUT2D eigenvalue weighted by Gasteiger charge is -2.11. The normalized spacial score (nSPS) is 10.9. The molecule has 3 N–H and O–H groups in total. The van der Waals surface area contributed by atoms with Gasteiger partial charge in [-0.25, -0.2) is 14.4 Å². The summed E-state index contributed by atoms with van der Waals surface area (Å²) < 4.78 is 23.1. The SMILES string of the molecule is COc1ncc(-c2ccc3ncc(N)n3n2)cc1NSc1ccc(F)cc1. The van der Waals surface area contributed by atoms with Crippen LogP contribution in [0.1, 0.15) is 0 Å². The number of imidazole rings is 1. The topological polar surface area (TPSA) is 90.4 Å². The molecule has 1 aromatic carbocycles. The maximum absolute atomic E-state index is 13.0. The zero-order valence-corrected chi connectivity index (χ0v) is 15.1. The number of hydrogen-bond acceptors (Lipinski definition) is 7. The number of methoxy groups -OCH3 is 1. The second-order valence-corrected chi connectivity index (χ2v) is 6.49. The standard InChI is InChI=1S/C18H15FN6OS/c1-26-18-15(24-27-13-4-2-12(19)3-5-13)8-11(9-22-18)14-6-7-17-21-10-16(20)25(17)23-14/h2-10,24H,20H2,1H3. The molecule has 9 heteroatoms. The molecule has 0 amide bonds. The zero-order valence-electron chi connectivity index (χ0n) is 14.3. The maximum atomic E-state index is 13.0. The average Bonchev–Trinajstić information content (AvgIpc) is 3.07. The van der Waals surface area contributed by atoms with Crippen molar-refractivity contribution in [2.24, 2.45) is 0 Å². The van der Waals surface area contributed by atoms with Crippen LogP contribution in [0.3, 0.4) is 0 Å². The molecule has 0 fully saturated rings. The van der Waals surface area contributed by atoms with Crippen molar-refractivity contribution < 1.29 is 9.13 Å². The van der Waals surface area contributed by atoms with Crippen molar-refractivity contribution in [3.8, 4) is 17.1 Å². The van der Waals surface area contributed by atoms with Gasteiger partial charge in [0.25, 0.3) is 0 Å². The number of benzene rings is 1. The van der Waals surface area contributed by atoms with Crippen molar-refractivity contribution in [3.63, 3.8) is 0 Å². The van der Waals surface area contributed by atoms with Gasteiger partial charge in [-0.2, -0.15) is 9.61 Å². The number of nitrogens with zero attached hydrogens (tertiary/aromatic N) is 4.